The van der Waals surface area contributed by atoms with Crippen molar-refractivity contribution in [2.24, 2.45) is 4.99 Å². The van der Waals surface area contributed by atoms with Gasteiger partial charge in [-0.15, -0.1) is 0 Å². The topological polar surface area (TPSA) is 47.4 Å². The normalized spacial score (nSPS) is 11.4. The molecule has 4 heteroatoms. The van der Waals surface area contributed by atoms with Crippen LogP contribution >= 0.6 is 0 Å². The fourth-order valence-corrected chi connectivity index (χ4v) is 1.73. The van der Waals surface area contributed by atoms with Crippen molar-refractivity contribution >= 4 is 5.71 Å². The molecule has 0 radical (unpaired) electrons. The molecular formula is C15H17N3O. The van der Waals surface area contributed by atoms with Gasteiger partial charge in [0.15, 0.2) is 5.82 Å². The summed E-state index contributed by atoms with van der Waals surface area (Å²) < 4.78 is 5.30. The molecule has 4 nitrogen and oxygen atoms in total. The summed E-state index contributed by atoms with van der Waals surface area (Å²) in [5, 5.41) is 0. The lowest BCUT2D eigenvalue weighted by Gasteiger charge is -2.06. The van der Waals surface area contributed by atoms with Gasteiger partial charge in [-0.1, -0.05) is 18.2 Å². The fourth-order valence-electron chi connectivity index (χ4n) is 1.73. The minimum atomic E-state index is 0.563. The highest BCUT2D eigenvalue weighted by molar-refractivity contribution is 5.95. The molecule has 2 aromatic rings. The summed E-state index contributed by atoms with van der Waals surface area (Å²) >= 11 is 0. The summed E-state index contributed by atoms with van der Waals surface area (Å²) in [5.41, 5.74) is 2.82. The molecule has 0 aliphatic heterocycles. The van der Waals surface area contributed by atoms with E-state index < -0.39 is 0 Å². The second-order valence-electron chi connectivity index (χ2n) is 4.24. The van der Waals surface area contributed by atoms with Crippen molar-refractivity contribution in [3.63, 3.8) is 0 Å². The molecule has 0 aliphatic carbocycles. The van der Waals surface area contributed by atoms with Crippen molar-refractivity contribution in [3.05, 3.63) is 53.6 Å². The van der Waals surface area contributed by atoms with Gasteiger partial charge in [0.1, 0.15) is 5.75 Å². The van der Waals surface area contributed by atoms with E-state index in [1.807, 2.05) is 44.2 Å². The molecular weight excluding hydrogens is 238 g/mol. The average Bonchev–Trinajstić information content (AvgIpc) is 2.45. The Morgan fingerprint density at radius 2 is 2.05 bits per heavy atom. The Hall–Kier alpha value is -2.23. The molecule has 1 heterocycles. The van der Waals surface area contributed by atoms with E-state index in [0.717, 1.165) is 22.7 Å². The van der Waals surface area contributed by atoms with Crippen LogP contribution in [0.1, 0.15) is 24.0 Å². The number of hydrogen-bond acceptors (Lipinski definition) is 4. The van der Waals surface area contributed by atoms with Crippen LogP contribution in [0, 0.1) is 6.92 Å². The Kier molecular flexibility index (Phi) is 4.23. The summed E-state index contributed by atoms with van der Waals surface area (Å²) in [6, 6.07) is 9.74. The van der Waals surface area contributed by atoms with Crippen molar-refractivity contribution in [2.45, 2.75) is 20.4 Å². The number of rotatable bonds is 4. The second-order valence-corrected chi connectivity index (χ2v) is 4.24. The van der Waals surface area contributed by atoms with Crippen molar-refractivity contribution in [1.29, 1.82) is 0 Å². The van der Waals surface area contributed by atoms with E-state index in [0.29, 0.717) is 12.4 Å². The van der Waals surface area contributed by atoms with Crippen LogP contribution in [0.4, 0.5) is 0 Å². The van der Waals surface area contributed by atoms with Gasteiger partial charge in [0.2, 0.25) is 0 Å². The van der Waals surface area contributed by atoms with Gasteiger partial charge in [0.25, 0.3) is 0 Å². The highest BCUT2D eigenvalue weighted by Gasteiger charge is 2.03. The van der Waals surface area contributed by atoms with E-state index in [-0.39, 0.29) is 0 Å². The predicted molar refractivity (Wildman–Crippen MR) is 75.7 cm³/mol. The van der Waals surface area contributed by atoms with Gasteiger partial charge in [-0.05, 0) is 26.0 Å². The summed E-state index contributed by atoms with van der Waals surface area (Å²) in [5.74, 6) is 1.53. The maximum absolute atomic E-state index is 5.30. The Bertz CT molecular complexity index is 593. The maximum Gasteiger partial charge on any atom is 0.173 e. The number of benzene rings is 1. The predicted octanol–water partition coefficient (Wildman–Crippen LogP) is 2.80. The largest absolute Gasteiger partial charge is 0.496 e. The van der Waals surface area contributed by atoms with E-state index in [9.17, 15) is 0 Å². The zero-order valence-corrected chi connectivity index (χ0v) is 11.4. The number of methoxy groups -OCH3 is 1. The number of para-hydroxylation sites is 1. The van der Waals surface area contributed by atoms with E-state index in [2.05, 4.69) is 15.0 Å². The van der Waals surface area contributed by atoms with Crippen LogP contribution < -0.4 is 4.74 Å². The van der Waals surface area contributed by atoms with Gasteiger partial charge in [-0.25, -0.2) is 9.97 Å². The zero-order chi connectivity index (χ0) is 13.7. The monoisotopic (exact) mass is 255 g/mol. The SMILES string of the molecule is COc1ccccc1CN=C(C)c1nccc(C)n1. The van der Waals surface area contributed by atoms with Gasteiger partial charge in [-0.2, -0.15) is 0 Å². The molecule has 0 atom stereocenters. The Labute approximate surface area is 113 Å². The van der Waals surface area contributed by atoms with Gasteiger partial charge >= 0.3 is 0 Å². The molecule has 98 valence electrons. The second kappa shape index (κ2) is 6.09. The Morgan fingerprint density at radius 3 is 2.79 bits per heavy atom. The lowest BCUT2D eigenvalue weighted by atomic mass is 10.2. The molecule has 0 saturated heterocycles. The lowest BCUT2D eigenvalue weighted by Crippen LogP contribution is -2.04. The first-order valence-electron chi connectivity index (χ1n) is 6.13. The number of aliphatic imine (C=N–C) groups is 1. The molecule has 0 N–H and O–H groups in total. The van der Waals surface area contributed by atoms with Crippen LogP contribution in [0.5, 0.6) is 5.75 Å². The molecule has 1 aromatic carbocycles. The molecule has 0 fully saturated rings. The van der Waals surface area contributed by atoms with E-state index in [4.69, 9.17) is 4.74 Å². The number of aryl methyl sites for hydroxylation is 1. The number of ether oxygens (including phenoxy) is 1. The first kappa shape index (κ1) is 13.2. The molecule has 0 saturated carbocycles. The van der Waals surface area contributed by atoms with Gasteiger partial charge in [0, 0.05) is 17.5 Å². The number of nitrogens with zero attached hydrogens (tertiary/aromatic N) is 3. The standard InChI is InChI=1S/C15H17N3O/c1-11-8-9-16-15(18-11)12(2)17-10-13-6-4-5-7-14(13)19-3/h4-9H,10H2,1-3H3. The van der Waals surface area contributed by atoms with Crippen LogP contribution in [-0.2, 0) is 6.54 Å². The highest BCUT2D eigenvalue weighted by Crippen LogP contribution is 2.18. The summed E-state index contributed by atoms with van der Waals surface area (Å²) in [6.07, 6.45) is 1.75. The molecule has 0 bridgehead atoms. The van der Waals surface area contributed by atoms with E-state index in [1.54, 1.807) is 13.3 Å². The lowest BCUT2D eigenvalue weighted by molar-refractivity contribution is 0.410. The summed E-state index contributed by atoms with van der Waals surface area (Å²) in [6.45, 7) is 4.43. The third-order valence-electron chi connectivity index (χ3n) is 2.80. The Morgan fingerprint density at radius 1 is 1.26 bits per heavy atom. The smallest absolute Gasteiger partial charge is 0.173 e. The molecule has 0 aliphatic rings. The van der Waals surface area contributed by atoms with Gasteiger partial charge in [0.05, 0.1) is 19.4 Å². The maximum atomic E-state index is 5.30. The van der Waals surface area contributed by atoms with Crippen molar-refractivity contribution in [2.75, 3.05) is 7.11 Å². The molecule has 0 spiro atoms. The van der Waals surface area contributed by atoms with Crippen LogP contribution in [0.2, 0.25) is 0 Å². The van der Waals surface area contributed by atoms with Crippen molar-refractivity contribution in [1.82, 2.24) is 9.97 Å². The average molecular weight is 255 g/mol. The van der Waals surface area contributed by atoms with Gasteiger partial charge < -0.3 is 4.74 Å². The van der Waals surface area contributed by atoms with Crippen LogP contribution in [-0.4, -0.2) is 22.8 Å². The number of hydrogen-bond donors (Lipinski definition) is 0. The fraction of sp³-hybridized carbons (Fsp3) is 0.267. The van der Waals surface area contributed by atoms with Crippen molar-refractivity contribution in [3.8, 4) is 5.75 Å². The Balaban J connectivity index is 2.18. The van der Waals surface area contributed by atoms with Crippen LogP contribution in [0.25, 0.3) is 0 Å². The zero-order valence-electron chi connectivity index (χ0n) is 11.4. The summed E-state index contributed by atoms with van der Waals surface area (Å²) in [7, 11) is 1.67. The highest BCUT2D eigenvalue weighted by atomic mass is 16.5. The third kappa shape index (κ3) is 3.37. The summed E-state index contributed by atoms with van der Waals surface area (Å²) in [4.78, 5) is 13.1. The van der Waals surface area contributed by atoms with E-state index in [1.165, 1.54) is 0 Å². The minimum Gasteiger partial charge on any atom is -0.496 e. The van der Waals surface area contributed by atoms with Crippen molar-refractivity contribution < 1.29 is 4.74 Å². The van der Waals surface area contributed by atoms with Crippen LogP contribution in [0.15, 0.2) is 41.5 Å². The third-order valence-corrected chi connectivity index (χ3v) is 2.80. The molecule has 0 unspecified atom stereocenters. The van der Waals surface area contributed by atoms with Crippen LogP contribution in [0.3, 0.4) is 0 Å². The minimum absolute atomic E-state index is 0.563. The molecule has 1 aromatic heterocycles. The first-order valence-corrected chi connectivity index (χ1v) is 6.13. The molecule has 2 rings (SSSR count). The van der Waals surface area contributed by atoms with E-state index >= 15 is 0 Å². The molecule has 0 amide bonds. The first-order chi connectivity index (χ1) is 9.20. The van der Waals surface area contributed by atoms with Gasteiger partial charge in [-0.3, -0.25) is 4.99 Å². The quantitative estimate of drug-likeness (QED) is 0.789. The number of aromatic nitrogens is 2. The molecule has 19 heavy (non-hydrogen) atoms.